The zero-order valence-electron chi connectivity index (χ0n) is 18.4. The second-order valence-corrected chi connectivity index (χ2v) is 8.66. The zero-order valence-corrected chi connectivity index (χ0v) is 20.8. The van der Waals surface area contributed by atoms with Gasteiger partial charge in [0.05, 0.1) is 12.8 Å². The second-order valence-electron chi connectivity index (χ2n) is 7.39. The molecule has 172 valence electrons. The van der Waals surface area contributed by atoms with E-state index in [9.17, 15) is 4.79 Å². The monoisotopic (exact) mass is 536 g/mol. The number of hydrogen-bond acceptors (Lipinski definition) is 4. The van der Waals surface area contributed by atoms with Gasteiger partial charge in [0, 0.05) is 26.2 Å². The molecule has 0 aliphatic rings. The van der Waals surface area contributed by atoms with Crippen LogP contribution in [0.1, 0.15) is 28.4 Å². The van der Waals surface area contributed by atoms with Crippen LogP contribution in [0, 0.1) is 0 Å². The molecule has 4 aromatic carbocycles. The molecule has 7 heteroatoms. The Morgan fingerprint density at radius 2 is 1.71 bits per heavy atom. The number of carbonyl (C=O) groups excluding carboxylic acids is 1. The van der Waals surface area contributed by atoms with Crippen LogP contribution in [-0.2, 0) is 6.61 Å². The maximum atomic E-state index is 12.5. The van der Waals surface area contributed by atoms with Crippen LogP contribution in [0.15, 0.2) is 88.4 Å². The van der Waals surface area contributed by atoms with Gasteiger partial charge >= 0.3 is 0 Å². The highest BCUT2D eigenvalue weighted by Gasteiger charge is 2.12. The van der Waals surface area contributed by atoms with Gasteiger partial charge in [0.1, 0.15) is 6.61 Å². The summed E-state index contributed by atoms with van der Waals surface area (Å²) in [4.78, 5) is 12.5. The molecule has 0 radical (unpaired) electrons. The molecule has 4 rings (SSSR count). The van der Waals surface area contributed by atoms with E-state index in [0.717, 1.165) is 26.4 Å². The van der Waals surface area contributed by atoms with Crippen molar-refractivity contribution >= 4 is 50.4 Å². The Morgan fingerprint density at radius 3 is 2.50 bits per heavy atom. The third-order valence-corrected chi connectivity index (χ3v) is 6.14. The van der Waals surface area contributed by atoms with Gasteiger partial charge in [-0.05, 0) is 64.0 Å². The quantitative estimate of drug-likeness (QED) is 0.194. The van der Waals surface area contributed by atoms with Crippen LogP contribution in [0.3, 0.4) is 0 Å². The Morgan fingerprint density at radius 1 is 0.971 bits per heavy atom. The lowest BCUT2D eigenvalue weighted by Crippen LogP contribution is -2.17. The first-order valence-corrected chi connectivity index (χ1v) is 11.9. The molecule has 0 saturated carbocycles. The molecule has 1 amide bonds. The van der Waals surface area contributed by atoms with Gasteiger partial charge in [-0.25, -0.2) is 5.43 Å². The Hall–Kier alpha value is -3.35. The van der Waals surface area contributed by atoms with Crippen LogP contribution in [0.5, 0.6) is 11.5 Å². The Balaban J connectivity index is 1.47. The lowest BCUT2D eigenvalue weighted by atomic mass is 10.1. The highest BCUT2D eigenvalue weighted by atomic mass is 79.9. The second kappa shape index (κ2) is 11.2. The first-order chi connectivity index (χ1) is 16.5. The molecule has 0 atom stereocenters. The summed E-state index contributed by atoms with van der Waals surface area (Å²) in [7, 11) is 0. The fourth-order valence-corrected chi connectivity index (χ4v) is 3.97. The fourth-order valence-electron chi connectivity index (χ4n) is 3.36. The minimum absolute atomic E-state index is 0.289. The highest BCUT2D eigenvalue weighted by Crippen LogP contribution is 2.34. The summed E-state index contributed by atoms with van der Waals surface area (Å²) in [5, 5.41) is 6.84. The van der Waals surface area contributed by atoms with Crippen molar-refractivity contribution in [1.29, 1.82) is 0 Å². The molecular formula is C27H22BrClN2O3. The van der Waals surface area contributed by atoms with Gasteiger partial charge in [-0.3, -0.25) is 4.79 Å². The largest absolute Gasteiger partial charge is 0.490 e. The molecular weight excluding hydrogens is 516 g/mol. The van der Waals surface area contributed by atoms with E-state index >= 15 is 0 Å². The summed E-state index contributed by atoms with van der Waals surface area (Å²) in [6.07, 6.45) is 1.56. The Kier molecular flexibility index (Phi) is 7.83. The van der Waals surface area contributed by atoms with Gasteiger partial charge in [0.2, 0.25) is 0 Å². The number of nitrogens with zero attached hydrogens (tertiary/aromatic N) is 1. The topological polar surface area (TPSA) is 59.9 Å². The van der Waals surface area contributed by atoms with E-state index in [1.54, 1.807) is 18.3 Å². The van der Waals surface area contributed by atoms with Crippen molar-refractivity contribution < 1.29 is 14.3 Å². The van der Waals surface area contributed by atoms with Gasteiger partial charge in [-0.1, -0.05) is 60.1 Å². The van der Waals surface area contributed by atoms with E-state index in [4.69, 9.17) is 21.1 Å². The lowest BCUT2D eigenvalue weighted by molar-refractivity contribution is 0.0955. The predicted octanol–water partition coefficient (Wildman–Crippen LogP) is 7.00. The molecule has 0 spiro atoms. The third-order valence-electron chi connectivity index (χ3n) is 5.09. The lowest BCUT2D eigenvalue weighted by Gasteiger charge is -2.14. The Bertz CT molecular complexity index is 1360. The van der Waals surface area contributed by atoms with Gasteiger partial charge in [-0.15, -0.1) is 0 Å². The van der Waals surface area contributed by atoms with E-state index in [-0.39, 0.29) is 5.91 Å². The molecule has 34 heavy (non-hydrogen) atoms. The van der Waals surface area contributed by atoms with Crippen LogP contribution in [0.4, 0.5) is 0 Å². The zero-order chi connectivity index (χ0) is 23.9. The fraction of sp³-hybridized carbons (Fsp3) is 0.111. The smallest absolute Gasteiger partial charge is 0.271 e. The number of hydrogen-bond donors (Lipinski definition) is 1. The summed E-state index contributed by atoms with van der Waals surface area (Å²) < 4.78 is 12.5. The summed E-state index contributed by atoms with van der Waals surface area (Å²) in [6, 6.07) is 24.6. The summed E-state index contributed by atoms with van der Waals surface area (Å²) in [6.45, 7) is 2.68. The summed E-state index contributed by atoms with van der Waals surface area (Å²) >= 11 is 9.78. The number of benzene rings is 4. The van der Waals surface area contributed by atoms with Crippen molar-refractivity contribution in [2.75, 3.05) is 6.61 Å². The van der Waals surface area contributed by atoms with Crippen molar-refractivity contribution in [3.05, 3.63) is 105 Å². The number of fused-ring (bicyclic) bond motifs is 1. The number of amides is 1. The van der Waals surface area contributed by atoms with Gasteiger partial charge in [-0.2, -0.15) is 5.10 Å². The predicted molar refractivity (Wildman–Crippen MR) is 140 cm³/mol. The molecule has 0 fully saturated rings. The van der Waals surface area contributed by atoms with Gasteiger partial charge in [0.25, 0.3) is 5.91 Å². The Labute approximate surface area is 211 Å². The molecule has 0 aliphatic carbocycles. The van der Waals surface area contributed by atoms with Crippen LogP contribution in [0.25, 0.3) is 10.8 Å². The number of rotatable bonds is 8. The maximum Gasteiger partial charge on any atom is 0.271 e. The van der Waals surface area contributed by atoms with E-state index in [1.165, 1.54) is 0 Å². The number of carbonyl (C=O) groups is 1. The molecule has 0 saturated heterocycles. The average molecular weight is 538 g/mol. The van der Waals surface area contributed by atoms with E-state index in [1.807, 2.05) is 73.7 Å². The normalized spacial score (nSPS) is 11.0. The molecule has 0 bridgehead atoms. The number of nitrogens with one attached hydrogen (secondary N) is 1. The van der Waals surface area contributed by atoms with Crippen LogP contribution in [-0.4, -0.2) is 18.7 Å². The summed E-state index contributed by atoms with van der Waals surface area (Å²) in [5.74, 6) is 0.855. The van der Waals surface area contributed by atoms with Gasteiger partial charge < -0.3 is 9.47 Å². The van der Waals surface area contributed by atoms with Crippen LogP contribution >= 0.6 is 27.5 Å². The van der Waals surface area contributed by atoms with E-state index in [2.05, 4.69) is 26.5 Å². The number of ether oxygens (including phenoxy) is 2. The minimum Gasteiger partial charge on any atom is -0.490 e. The van der Waals surface area contributed by atoms with E-state index in [0.29, 0.717) is 35.3 Å². The minimum atomic E-state index is -0.289. The first kappa shape index (κ1) is 23.8. The molecule has 0 aromatic heterocycles. The van der Waals surface area contributed by atoms with Crippen molar-refractivity contribution in [3.8, 4) is 11.5 Å². The van der Waals surface area contributed by atoms with Crippen LogP contribution < -0.4 is 14.9 Å². The maximum absolute atomic E-state index is 12.5. The van der Waals surface area contributed by atoms with E-state index < -0.39 is 0 Å². The number of halogens is 2. The molecule has 4 aromatic rings. The van der Waals surface area contributed by atoms with Crippen molar-refractivity contribution in [3.63, 3.8) is 0 Å². The molecule has 0 aliphatic heterocycles. The molecule has 5 nitrogen and oxygen atoms in total. The SMILES string of the molecule is CCOc1cc(/C=N\NC(=O)c2ccc3ccccc3c2)c(Br)cc1OCc1ccccc1Cl. The van der Waals surface area contributed by atoms with Crippen molar-refractivity contribution in [1.82, 2.24) is 5.43 Å². The van der Waals surface area contributed by atoms with Gasteiger partial charge in [0.15, 0.2) is 11.5 Å². The van der Waals surface area contributed by atoms with Crippen molar-refractivity contribution in [2.45, 2.75) is 13.5 Å². The van der Waals surface area contributed by atoms with Crippen LogP contribution in [0.2, 0.25) is 5.02 Å². The molecule has 0 unspecified atom stereocenters. The third kappa shape index (κ3) is 5.76. The molecule has 0 heterocycles. The first-order valence-electron chi connectivity index (χ1n) is 10.7. The highest BCUT2D eigenvalue weighted by molar-refractivity contribution is 9.10. The number of hydrazone groups is 1. The summed E-state index contributed by atoms with van der Waals surface area (Å²) in [5.41, 5.74) is 4.73. The molecule has 1 N–H and O–H groups in total. The average Bonchev–Trinajstić information content (AvgIpc) is 2.85. The standard InChI is InChI=1S/C27H22BrClN2O3/c1-2-33-25-14-22(23(28)15-26(25)34-17-21-9-5-6-10-24(21)29)16-30-31-27(32)20-12-11-18-7-3-4-8-19(18)13-20/h3-16H,2,17H2,1H3,(H,31,32)/b30-16-. The van der Waals surface area contributed by atoms with Crippen molar-refractivity contribution in [2.24, 2.45) is 5.10 Å².